The molecule has 0 heterocycles. The van der Waals surface area contributed by atoms with Crippen LogP contribution in [-0.4, -0.2) is 7.11 Å². The maximum absolute atomic E-state index is 5.20. The summed E-state index contributed by atoms with van der Waals surface area (Å²) in [6.45, 7) is 5.93. The van der Waals surface area contributed by atoms with E-state index in [-0.39, 0.29) is 0 Å². The molecule has 0 bridgehead atoms. The second-order valence-electron chi connectivity index (χ2n) is 3.07. The van der Waals surface area contributed by atoms with Crippen molar-refractivity contribution in [3.05, 3.63) is 35.9 Å². The van der Waals surface area contributed by atoms with Gasteiger partial charge in [-0.1, -0.05) is 32.1 Å². The van der Waals surface area contributed by atoms with Gasteiger partial charge in [0, 0.05) is 0 Å². The monoisotopic (exact) mass is 176 g/mol. The standard InChI is InChI=1S/C12H16O/c1-4-6-11-7-10(5-2)8-12(9-11)13-3/h5,7-9H,2,4,6H2,1,3H3. The van der Waals surface area contributed by atoms with Gasteiger partial charge >= 0.3 is 0 Å². The molecule has 1 rings (SSSR count). The van der Waals surface area contributed by atoms with Gasteiger partial charge in [-0.25, -0.2) is 0 Å². The highest BCUT2D eigenvalue weighted by molar-refractivity contribution is 5.51. The summed E-state index contributed by atoms with van der Waals surface area (Å²) in [5.74, 6) is 0.917. The fourth-order valence-corrected chi connectivity index (χ4v) is 1.35. The molecular weight excluding hydrogens is 160 g/mol. The molecule has 1 heteroatoms. The lowest BCUT2D eigenvalue weighted by Crippen LogP contribution is -1.89. The summed E-state index contributed by atoms with van der Waals surface area (Å²) in [6, 6.07) is 6.22. The molecule has 0 unspecified atom stereocenters. The average Bonchev–Trinajstić information content (AvgIpc) is 2.17. The Labute approximate surface area is 80.0 Å². The molecule has 0 fully saturated rings. The molecule has 1 aromatic rings. The van der Waals surface area contributed by atoms with Crippen molar-refractivity contribution in [1.82, 2.24) is 0 Å². The number of hydrogen-bond donors (Lipinski definition) is 0. The minimum Gasteiger partial charge on any atom is -0.497 e. The average molecular weight is 176 g/mol. The molecule has 0 aromatic heterocycles. The first-order chi connectivity index (χ1) is 6.30. The van der Waals surface area contributed by atoms with Gasteiger partial charge in [-0.15, -0.1) is 0 Å². The van der Waals surface area contributed by atoms with E-state index in [1.807, 2.05) is 12.1 Å². The van der Waals surface area contributed by atoms with Crippen LogP contribution in [0.15, 0.2) is 24.8 Å². The molecule has 0 aliphatic heterocycles. The molecule has 0 aliphatic rings. The van der Waals surface area contributed by atoms with E-state index in [1.54, 1.807) is 7.11 Å². The maximum Gasteiger partial charge on any atom is 0.119 e. The predicted molar refractivity (Wildman–Crippen MR) is 57.1 cm³/mol. The molecule has 0 aliphatic carbocycles. The summed E-state index contributed by atoms with van der Waals surface area (Å²) >= 11 is 0. The second kappa shape index (κ2) is 4.70. The number of methoxy groups -OCH3 is 1. The van der Waals surface area contributed by atoms with Crippen molar-refractivity contribution in [2.24, 2.45) is 0 Å². The Morgan fingerprint density at radius 2 is 2.15 bits per heavy atom. The van der Waals surface area contributed by atoms with Crippen LogP contribution in [-0.2, 0) is 6.42 Å². The number of aryl methyl sites for hydroxylation is 1. The van der Waals surface area contributed by atoms with Crippen LogP contribution in [0.3, 0.4) is 0 Å². The Hall–Kier alpha value is -1.24. The van der Waals surface area contributed by atoms with Gasteiger partial charge in [0.15, 0.2) is 0 Å². The van der Waals surface area contributed by atoms with Crippen LogP contribution >= 0.6 is 0 Å². The van der Waals surface area contributed by atoms with Gasteiger partial charge in [0.05, 0.1) is 7.11 Å². The third kappa shape index (κ3) is 2.62. The Bertz CT molecular complexity index is 289. The highest BCUT2D eigenvalue weighted by atomic mass is 16.5. The molecule has 0 saturated heterocycles. The third-order valence-electron chi connectivity index (χ3n) is 2.00. The fourth-order valence-electron chi connectivity index (χ4n) is 1.35. The number of ether oxygens (including phenoxy) is 1. The van der Waals surface area contributed by atoms with E-state index >= 15 is 0 Å². The topological polar surface area (TPSA) is 9.23 Å². The lowest BCUT2D eigenvalue weighted by Gasteiger charge is -2.05. The van der Waals surface area contributed by atoms with E-state index < -0.39 is 0 Å². The second-order valence-corrected chi connectivity index (χ2v) is 3.07. The normalized spacial score (nSPS) is 9.69. The van der Waals surface area contributed by atoms with Crippen LogP contribution in [0.25, 0.3) is 6.08 Å². The van der Waals surface area contributed by atoms with Crippen molar-refractivity contribution >= 4 is 6.08 Å². The van der Waals surface area contributed by atoms with Crippen LogP contribution in [0.4, 0.5) is 0 Å². The lowest BCUT2D eigenvalue weighted by atomic mass is 10.1. The molecule has 0 saturated carbocycles. The molecular formula is C12H16O. The summed E-state index contributed by atoms with van der Waals surface area (Å²) in [7, 11) is 1.69. The first-order valence-corrected chi connectivity index (χ1v) is 4.60. The fraction of sp³-hybridized carbons (Fsp3) is 0.333. The van der Waals surface area contributed by atoms with Crippen molar-refractivity contribution in [1.29, 1.82) is 0 Å². The summed E-state index contributed by atoms with van der Waals surface area (Å²) in [5, 5.41) is 0. The lowest BCUT2D eigenvalue weighted by molar-refractivity contribution is 0.414. The van der Waals surface area contributed by atoms with Crippen molar-refractivity contribution in [2.45, 2.75) is 19.8 Å². The van der Waals surface area contributed by atoms with Crippen molar-refractivity contribution in [2.75, 3.05) is 7.11 Å². The van der Waals surface area contributed by atoms with Crippen LogP contribution in [0.5, 0.6) is 5.75 Å². The summed E-state index contributed by atoms with van der Waals surface area (Å²) in [5.41, 5.74) is 2.44. The quantitative estimate of drug-likeness (QED) is 0.684. The molecule has 0 spiro atoms. The van der Waals surface area contributed by atoms with E-state index in [0.717, 1.165) is 24.2 Å². The number of rotatable bonds is 4. The van der Waals surface area contributed by atoms with Gasteiger partial charge < -0.3 is 4.74 Å². The van der Waals surface area contributed by atoms with E-state index in [9.17, 15) is 0 Å². The van der Waals surface area contributed by atoms with Gasteiger partial charge in [-0.3, -0.25) is 0 Å². The SMILES string of the molecule is C=Cc1cc(CCC)cc(OC)c1. The van der Waals surface area contributed by atoms with Gasteiger partial charge in [-0.2, -0.15) is 0 Å². The molecule has 0 N–H and O–H groups in total. The van der Waals surface area contributed by atoms with Crippen molar-refractivity contribution < 1.29 is 4.74 Å². The van der Waals surface area contributed by atoms with Gasteiger partial charge in [-0.05, 0) is 29.7 Å². The molecule has 70 valence electrons. The number of benzene rings is 1. The number of hydrogen-bond acceptors (Lipinski definition) is 1. The van der Waals surface area contributed by atoms with Crippen LogP contribution in [0, 0.1) is 0 Å². The highest BCUT2D eigenvalue weighted by Crippen LogP contribution is 2.18. The summed E-state index contributed by atoms with van der Waals surface area (Å²) in [6.07, 6.45) is 4.10. The first kappa shape index (κ1) is 9.85. The molecule has 1 aromatic carbocycles. The minimum atomic E-state index is 0.917. The summed E-state index contributed by atoms with van der Waals surface area (Å²) in [4.78, 5) is 0. The van der Waals surface area contributed by atoms with E-state index in [4.69, 9.17) is 4.74 Å². The predicted octanol–water partition coefficient (Wildman–Crippen LogP) is 3.29. The zero-order valence-electron chi connectivity index (χ0n) is 8.34. The minimum absolute atomic E-state index is 0.917. The van der Waals surface area contributed by atoms with E-state index in [2.05, 4.69) is 25.6 Å². The summed E-state index contributed by atoms with van der Waals surface area (Å²) < 4.78 is 5.20. The van der Waals surface area contributed by atoms with Gasteiger partial charge in [0.2, 0.25) is 0 Å². The zero-order chi connectivity index (χ0) is 9.68. The van der Waals surface area contributed by atoms with Crippen LogP contribution in [0.1, 0.15) is 24.5 Å². The highest BCUT2D eigenvalue weighted by Gasteiger charge is 1.97. The molecule has 1 nitrogen and oxygen atoms in total. The molecule has 13 heavy (non-hydrogen) atoms. The van der Waals surface area contributed by atoms with Crippen LogP contribution < -0.4 is 4.74 Å². The van der Waals surface area contributed by atoms with Crippen LogP contribution in [0.2, 0.25) is 0 Å². The molecule has 0 radical (unpaired) electrons. The van der Waals surface area contributed by atoms with E-state index in [0.29, 0.717) is 0 Å². The maximum atomic E-state index is 5.20. The van der Waals surface area contributed by atoms with Gasteiger partial charge in [0.1, 0.15) is 5.75 Å². The van der Waals surface area contributed by atoms with Gasteiger partial charge in [0.25, 0.3) is 0 Å². The van der Waals surface area contributed by atoms with E-state index in [1.165, 1.54) is 5.56 Å². The first-order valence-electron chi connectivity index (χ1n) is 4.60. The zero-order valence-corrected chi connectivity index (χ0v) is 8.34. The Morgan fingerprint density at radius 1 is 1.38 bits per heavy atom. The van der Waals surface area contributed by atoms with Crippen molar-refractivity contribution in [3.8, 4) is 5.75 Å². The van der Waals surface area contributed by atoms with Crippen molar-refractivity contribution in [3.63, 3.8) is 0 Å². The molecule has 0 atom stereocenters. The Kier molecular flexibility index (Phi) is 3.56. The Morgan fingerprint density at radius 3 is 2.69 bits per heavy atom. The smallest absolute Gasteiger partial charge is 0.119 e. The molecule has 0 amide bonds. The Balaban J connectivity index is 2.99. The third-order valence-corrected chi connectivity index (χ3v) is 2.00. The largest absolute Gasteiger partial charge is 0.497 e.